The number of benzene rings is 3. The first-order valence-electron chi connectivity index (χ1n) is 9.39. The summed E-state index contributed by atoms with van der Waals surface area (Å²) in [4.78, 5) is 26.5. The summed E-state index contributed by atoms with van der Waals surface area (Å²) in [5.41, 5.74) is 2.13. The van der Waals surface area contributed by atoms with Crippen LogP contribution in [0, 0.1) is 0 Å². The van der Waals surface area contributed by atoms with Crippen molar-refractivity contribution in [3.05, 3.63) is 92.8 Å². The number of amides is 2. The van der Waals surface area contributed by atoms with Gasteiger partial charge in [0.05, 0.1) is 22.8 Å². The van der Waals surface area contributed by atoms with Gasteiger partial charge >= 0.3 is 0 Å². The molecule has 3 aromatic carbocycles. The second-order valence-electron chi connectivity index (χ2n) is 6.82. The standard InChI is InChI=1S/C23H15Cl2N3O3S/c24-16-4-1-3-14(9-16)13-28-22(30)21(32-23(28)31)11-15-10-19(7-8-20(15)29)27-26-18-6-2-5-17(25)12-18/h1-12,29H,13H2/b21-11-,27-26?. The summed E-state index contributed by atoms with van der Waals surface area (Å²) in [6.07, 6.45) is 1.47. The van der Waals surface area contributed by atoms with Gasteiger partial charge in [0.2, 0.25) is 0 Å². The van der Waals surface area contributed by atoms with Gasteiger partial charge in [0.25, 0.3) is 11.1 Å². The maximum Gasteiger partial charge on any atom is 0.293 e. The van der Waals surface area contributed by atoms with Gasteiger partial charge in [0, 0.05) is 15.6 Å². The van der Waals surface area contributed by atoms with Gasteiger partial charge < -0.3 is 5.11 Å². The van der Waals surface area contributed by atoms with Crippen molar-refractivity contribution < 1.29 is 14.7 Å². The highest BCUT2D eigenvalue weighted by atomic mass is 35.5. The fourth-order valence-corrected chi connectivity index (χ4v) is 4.20. The molecule has 0 saturated carbocycles. The highest BCUT2D eigenvalue weighted by molar-refractivity contribution is 8.18. The van der Waals surface area contributed by atoms with Crippen molar-refractivity contribution >= 4 is 63.6 Å². The molecule has 1 aliphatic rings. The Hall–Kier alpha value is -3.13. The minimum Gasteiger partial charge on any atom is -0.507 e. The van der Waals surface area contributed by atoms with E-state index in [1.807, 2.05) is 0 Å². The summed E-state index contributed by atoms with van der Waals surface area (Å²) >= 11 is 12.7. The lowest BCUT2D eigenvalue weighted by molar-refractivity contribution is -0.123. The Bertz CT molecular complexity index is 1280. The molecular weight excluding hydrogens is 469 g/mol. The number of imide groups is 1. The van der Waals surface area contributed by atoms with Gasteiger partial charge in [-0.3, -0.25) is 14.5 Å². The average molecular weight is 484 g/mol. The first kappa shape index (κ1) is 22.1. The van der Waals surface area contributed by atoms with Crippen LogP contribution in [0.1, 0.15) is 11.1 Å². The molecule has 4 rings (SSSR count). The van der Waals surface area contributed by atoms with Crippen LogP contribution in [0.25, 0.3) is 6.08 Å². The zero-order valence-electron chi connectivity index (χ0n) is 16.4. The van der Waals surface area contributed by atoms with Crippen molar-refractivity contribution in [2.75, 3.05) is 0 Å². The first-order chi connectivity index (χ1) is 15.4. The molecule has 32 heavy (non-hydrogen) atoms. The Labute approximate surface area is 198 Å². The number of rotatable bonds is 5. The lowest BCUT2D eigenvalue weighted by Gasteiger charge is -2.12. The van der Waals surface area contributed by atoms with Gasteiger partial charge in [0.1, 0.15) is 5.75 Å². The van der Waals surface area contributed by atoms with Gasteiger partial charge in [-0.1, -0.05) is 41.4 Å². The summed E-state index contributed by atoms with van der Waals surface area (Å²) in [5, 5.41) is 19.2. The maximum atomic E-state index is 12.8. The Balaban J connectivity index is 1.56. The quantitative estimate of drug-likeness (QED) is 0.303. The van der Waals surface area contributed by atoms with E-state index < -0.39 is 11.1 Å². The molecule has 9 heteroatoms. The molecule has 0 unspecified atom stereocenters. The van der Waals surface area contributed by atoms with Crippen molar-refractivity contribution in [2.45, 2.75) is 6.54 Å². The lowest BCUT2D eigenvalue weighted by Crippen LogP contribution is -2.27. The van der Waals surface area contributed by atoms with Crippen LogP contribution in [-0.2, 0) is 11.3 Å². The molecule has 6 nitrogen and oxygen atoms in total. The molecule has 2 amide bonds. The summed E-state index contributed by atoms with van der Waals surface area (Å²) in [5.74, 6) is -0.487. The third-order valence-electron chi connectivity index (χ3n) is 4.49. The summed E-state index contributed by atoms with van der Waals surface area (Å²) in [6, 6.07) is 18.5. The van der Waals surface area contributed by atoms with Gasteiger partial charge in [-0.15, -0.1) is 0 Å². The van der Waals surface area contributed by atoms with E-state index in [1.165, 1.54) is 12.1 Å². The second kappa shape index (κ2) is 9.56. The lowest BCUT2D eigenvalue weighted by atomic mass is 10.1. The fraction of sp³-hybridized carbons (Fsp3) is 0.0435. The number of carbonyl (C=O) groups is 2. The van der Waals surface area contributed by atoms with E-state index in [-0.39, 0.29) is 17.2 Å². The third-order valence-corrected chi connectivity index (χ3v) is 5.87. The number of azo groups is 1. The van der Waals surface area contributed by atoms with Crippen LogP contribution in [0.5, 0.6) is 5.75 Å². The molecule has 0 spiro atoms. The van der Waals surface area contributed by atoms with Crippen LogP contribution >= 0.6 is 35.0 Å². The third kappa shape index (κ3) is 5.19. The number of nitrogens with zero attached hydrogens (tertiary/aromatic N) is 3. The van der Waals surface area contributed by atoms with E-state index in [9.17, 15) is 14.7 Å². The number of hydrogen-bond acceptors (Lipinski definition) is 6. The zero-order chi connectivity index (χ0) is 22.7. The van der Waals surface area contributed by atoms with E-state index in [2.05, 4.69) is 10.2 Å². The molecule has 0 atom stereocenters. The van der Waals surface area contributed by atoms with Crippen LogP contribution in [0.2, 0.25) is 10.0 Å². The largest absolute Gasteiger partial charge is 0.507 e. The minimum absolute atomic E-state index is 0.0478. The summed E-state index contributed by atoms with van der Waals surface area (Å²) < 4.78 is 0. The summed E-state index contributed by atoms with van der Waals surface area (Å²) in [7, 11) is 0. The molecule has 0 radical (unpaired) electrons. The molecule has 1 N–H and O–H groups in total. The fourth-order valence-electron chi connectivity index (χ4n) is 2.97. The van der Waals surface area contributed by atoms with Crippen molar-refractivity contribution in [3.8, 4) is 5.75 Å². The predicted octanol–water partition coefficient (Wildman–Crippen LogP) is 7.35. The molecule has 1 fully saturated rings. The number of aromatic hydroxyl groups is 1. The molecule has 3 aromatic rings. The zero-order valence-corrected chi connectivity index (χ0v) is 18.7. The summed E-state index contributed by atoms with van der Waals surface area (Å²) in [6.45, 7) is 0.114. The van der Waals surface area contributed by atoms with Crippen LogP contribution < -0.4 is 0 Å². The number of phenols is 1. The molecule has 0 bridgehead atoms. The van der Waals surface area contributed by atoms with Crippen molar-refractivity contribution in [3.63, 3.8) is 0 Å². The van der Waals surface area contributed by atoms with Gasteiger partial charge in [-0.2, -0.15) is 10.2 Å². The van der Waals surface area contributed by atoms with Crippen LogP contribution in [0.4, 0.5) is 16.2 Å². The van der Waals surface area contributed by atoms with Crippen molar-refractivity contribution in [1.82, 2.24) is 4.90 Å². The highest BCUT2D eigenvalue weighted by Gasteiger charge is 2.35. The topological polar surface area (TPSA) is 82.3 Å². The van der Waals surface area contributed by atoms with Crippen molar-refractivity contribution in [2.24, 2.45) is 10.2 Å². The van der Waals surface area contributed by atoms with E-state index in [0.29, 0.717) is 27.0 Å². The minimum atomic E-state index is -0.440. The predicted molar refractivity (Wildman–Crippen MR) is 127 cm³/mol. The van der Waals surface area contributed by atoms with Gasteiger partial charge in [-0.25, -0.2) is 0 Å². The molecular formula is C23H15Cl2N3O3S. The number of phenolic OH excluding ortho intramolecular Hbond substituents is 1. The molecule has 1 heterocycles. The Kier molecular flexibility index (Phi) is 6.60. The number of thioether (sulfide) groups is 1. The Morgan fingerprint density at radius 2 is 1.59 bits per heavy atom. The second-order valence-corrected chi connectivity index (χ2v) is 8.69. The van der Waals surface area contributed by atoms with Crippen LogP contribution in [0.3, 0.4) is 0 Å². The van der Waals surface area contributed by atoms with Gasteiger partial charge in [0.15, 0.2) is 0 Å². The first-order valence-corrected chi connectivity index (χ1v) is 11.0. The molecule has 0 aliphatic carbocycles. The smallest absolute Gasteiger partial charge is 0.293 e. The molecule has 0 aromatic heterocycles. The normalized spacial score (nSPS) is 15.3. The van der Waals surface area contributed by atoms with E-state index >= 15 is 0 Å². The number of hydrogen-bond donors (Lipinski definition) is 1. The Morgan fingerprint density at radius 3 is 2.31 bits per heavy atom. The number of carbonyl (C=O) groups excluding carboxylic acids is 2. The van der Waals surface area contributed by atoms with E-state index in [1.54, 1.807) is 60.7 Å². The maximum absolute atomic E-state index is 12.8. The molecule has 1 saturated heterocycles. The van der Waals surface area contributed by atoms with E-state index in [0.717, 1.165) is 22.2 Å². The van der Waals surface area contributed by atoms with E-state index in [4.69, 9.17) is 23.2 Å². The number of halogens is 2. The van der Waals surface area contributed by atoms with Crippen LogP contribution in [-0.4, -0.2) is 21.2 Å². The highest BCUT2D eigenvalue weighted by Crippen LogP contribution is 2.36. The molecule has 160 valence electrons. The van der Waals surface area contributed by atoms with Crippen molar-refractivity contribution in [1.29, 1.82) is 0 Å². The SMILES string of the molecule is O=C1S/C(=C\c2cc(N=Nc3cccc(Cl)c3)ccc2O)C(=O)N1Cc1cccc(Cl)c1. The monoisotopic (exact) mass is 483 g/mol. The Morgan fingerprint density at radius 1 is 0.906 bits per heavy atom. The van der Waals surface area contributed by atoms with Gasteiger partial charge in [-0.05, 0) is 71.9 Å². The average Bonchev–Trinajstić information content (AvgIpc) is 3.02. The van der Waals surface area contributed by atoms with Crippen LogP contribution in [0.15, 0.2) is 81.9 Å². The molecule has 1 aliphatic heterocycles.